The molecule has 130 valence electrons. The number of hydrogen-bond donors (Lipinski definition) is 1. The molecule has 0 spiro atoms. The minimum Gasteiger partial charge on any atom is -0.353 e. The summed E-state index contributed by atoms with van der Waals surface area (Å²) in [6.07, 6.45) is 3.54. The lowest BCUT2D eigenvalue weighted by Gasteiger charge is -2.36. The Bertz CT molecular complexity index is 878. The van der Waals surface area contributed by atoms with E-state index < -0.39 is 0 Å². The minimum absolute atomic E-state index is 0.336. The second-order valence-electron chi connectivity index (χ2n) is 6.79. The predicted molar refractivity (Wildman–Crippen MR) is 99.2 cm³/mol. The Morgan fingerprint density at radius 2 is 1.80 bits per heavy atom. The molecule has 3 aromatic heterocycles. The normalized spacial score (nSPS) is 15.4. The van der Waals surface area contributed by atoms with Gasteiger partial charge in [0.1, 0.15) is 29.4 Å². The highest BCUT2D eigenvalue weighted by Gasteiger charge is 2.22. The molecular weight excluding hydrogens is 314 g/mol. The number of nitrogens with one attached hydrogen (secondary N) is 1. The molecule has 7 heteroatoms. The molecule has 1 fully saturated rings. The van der Waals surface area contributed by atoms with Crippen molar-refractivity contribution in [2.75, 3.05) is 36.0 Å². The van der Waals surface area contributed by atoms with Gasteiger partial charge in [0.15, 0.2) is 0 Å². The van der Waals surface area contributed by atoms with E-state index in [0.717, 1.165) is 60.4 Å². The first kappa shape index (κ1) is 15.8. The van der Waals surface area contributed by atoms with Gasteiger partial charge in [-0.05, 0) is 13.0 Å². The fourth-order valence-electron chi connectivity index (χ4n) is 3.25. The van der Waals surface area contributed by atoms with E-state index in [4.69, 9.17) is 4.98 Å². The van der Waals surface area contributed by atoms with Crippen LogP contribution in [-0.4, -0.2) is 51.1 Å². The van der Waals surface area contributed by atoms with Gasteiger partial charge in [0, 0.05) is 50.1 Å². The zero-order valence-electron chi connectivity index (χ0n) is 14.9. The maximum atomic E-state index is 4.76. The molecule has 0 amide bonds. The summed E-state index contributed by atoms with van der Waals surface area (Å²) in [4.78, 5) is 25.9. The molecule has 1 saturated heterocycles. The summed E-state index contributed by atoms with van der Waals surface area (Å²) in [5, 5.41) is 1.08. The second-order valence-corrected chi connectivity index (χ2v) is 6.79. The number of aromatic amines is 1. The summed E-state index contributed by atoms with van der Waals surface area (Å²) in [5.74, 6) is 3.29. The van der Waals surface area contributed by atoms with Crippen molar-refractivity contribution in [2.45, 2.75) is 26.7 Å². The molecule has 0 aromatic carbocycles. The first-order valence-corrected chi connectivity index (χ1v) is 8.75. The molecule has 3 aromatic rings. The van der Waals surface area contributed by atoms with Crippen LogP contribution in [0.5, 0.6) is 0 Å². The van der Waals surface area contributed by atoms with E-state index in [9.17, 15) is 0 Å². The van der Waals surface area contributed by atoms with Crippen molar-refractivity contribution >= 4 is 22.7 Å². The zero-order valence-corrected chi connectivity index (χ0v) is 14.9. The molecular formula is C18H23N7. The molecule has 0 atom stereocenters. The van der Waals surface area contributed by atoms with Gasteiger partial charge in [0.05, 0.1) is 5.39 Å². The summed E-state index contributed by atoms with van der Waals surface area (Å²) in [6.45, 7) is 9.97. The minimum atomic E-state index is 0.336. The van der Waals surface area contributed by atoms with E-state index in [1.807, 2.05) is 19.2 Å². The largest absolute Gasteiger partial charge is 0.353 e. The molecule has 4 rings (SSSR count). The number of anilines is 2. The number of piperazine rings is 1. The van der Waals surface area contributed by atoms with Gasteiger partial charge >= 0.3 is 0 Å². The lowest BCUT2D eigenvalue weighted by molar-refractivity contribution is 0.637. The predicted octanol–water partition coefficient (Wildman–Crippen LogP) is 2.51. The molecule has 0 saturated carbocycles. The van der Waals surface area contributed by atoms with E-state index in [2.05, 4.69) is 49.6 Å². The van der Waals surface area contributed by atoms with E-state index in [1.165, 1.54) is 0 Å². The van der Waals surface area contributed by atoms with Crippen molar-refractivity contribution in [3.63, 3.8) is 0 Å². The maximum absolute atomic E-state index is 4.76. The zero-order chi connectivity index (χ0) is 17.4. The molecule has 0 aliphatic carbocycles. The van der Waals surface area contributed by atoms with E-state index in [-0.39, 0.29) is 0 Å². The fraction of sp³-hybridized carbons (Fsp3) is 0.444. The summed E-state index contributed by atoms with van der Waals surface area (Å²) in [6, 6.07) is 4.12. The molecule has 7 nitrogen and oxygen atoms in total. The van der Waals surface area contributed by atoms with Gasteiger partial charge in [0.25, 0.3) is 0 Å². The third kappa shape index (κ3) is 3.01. The Morgan fingerprint density at radius 1 is 1.04 bits per heavy atom. The highest BCUT2D eigenvalue weighted by atomic mass is 15.3. The van der Waals surface area contributed by atoms with Crippen LogP contribution < -0.4 is 9.80 Å². The number of nitrogens with zero attached hydrogens (tertiary/aromatic N) is 6. The Hall–Kier alpha value is -2.70. The van der Waals surface area contributed by atoms with Crippen molar-refractivity contribution in [1.29, 1.82) is 0 Å². The number of fused-ring (bicyclic) bond motifs is 1. The molecule has 1 aliphatic heterocycles. The molecule has 1 N–H and O–H groups in total. The van der Waals surface area contributed by atoms with Crippen molar-refractivity contribution in [1.82, 2.24) is 24.9 Å². The lowest BCUT2D eigenvalue weighted by Crippen LogP contribution is -2.47. The molecule has 0 bridgehead atoms. The Morgan fingerprint density at radius 3 is 2.56 bits per heavy atom. The first-order chi connectivity index (χ1) is 12.1. The standard InChI is InChI=1S/C18H23N7/c1-12(2)16-22-13(3)10-15(23-16)24-6-8-25(9-7-24)18-14-4-5-19-17(14)20-11-21-18/h4-5,10-12H,6-9H2,1-3H3,(H,19,20,21). The van der Waals surface area contributed by atoms with Crippen LogP contribution in [0.3, 0.4) is 0 Å². The van der Waals surface area contributed by atoms with E-state index >= 15 is 0 Å². The number of aromatic nitrogens is 5. The lowest BCUT2D eigenvalue weighted by atomic mass is 10.2. The number of rotatable bonds is 3. The van der Waals surface area contributed by atoms with Gasteiger partial charge in [-0.15, -0.1) is 0 Å². The van der Waals surface area contributed by atoms with Crippen LogP contribution in [0.4, 0.5) is 11.6 Å². The topological polar surface area (TPSA) is 73.8 Å². The third-order valence-corrected chi connectivity index (χ3v) is 4.61. The molecule has 4 heterocycles. The summed E-state index contributed by atoms with van der Waals surface area (Å²) in [5.41, 5.74) is 1.92. The number of aryl methyl sites for hydroxylation is 1. The molecule has 1 aliphatic rings. The Labute approximate surface area is 147 Å². The van der Waals surface area contributed by atoms with Gasteiger partial charge in [-0.25, -0.2) is 19.9 Å². The van der Waals surface area contributed by atoms with Gasteiger partial charge in [-0.2, -0.15) is 0 Å². The van der Waals surface area contributed by atoms with Crippen LogP contribution in [0, 0.1) is 6.92 Å². The average molecular weight is 337 g/mol. The van der Waals surface area contributed by atoms with Crippen molar-refractivity contribution in [2.24, 2.45) is 0 Å². The van der Waals surface area contributed by atoms with Gasteiger partial charge < -0.3 is 14.8 Å². The number of H-pyrrole nitrogens is 1. The Kier molecular flexibility index (Phi) is 3.99. The van der Waals surface area contributed by atoms with Crippen LogP contribution in [0.2, 0.25) is 0 Å². The summed E-state index contributed by atoms with van der Waals surface area (Å²) >= 11 is 0. The van der Waals surface area contributed by atoms with E-state index in [1.54, 1.807) is 6.33 Å². The van der Waals surface area contributed by atoms with Crippen molar-refractivity contribution in [3.8, 4) is 0 Å². The van der Waals surface area contributed by atoms with Crippen LogP contribution in [-0.2, 0) is 0 Å². The average Bonchev–Trinajstić information content (AvgIpc) is 3.10. The molecule has 0 radical (unpaired) electrons. The summed E-state index contributed by atoms with van der Waals surface area (Å²) in [7, 11) is 0. The number of hydrogen-bond acceptors (Lipinski definition) is 6. The van der Waals surface area contributed by atoms with E-state index in [0.29, 0.717) is 5.92 Å². The first-order valence-electron chi connectivity index (χ1n) is 8.75. The maximum Gasteiger partial charge on any atom is 0.142 e. The van der Waals surface area contributed by atoms with Crippen molar-refractivity contribution in [3.05, 3.63) is 36.2 Å². The third-order valence-electron chi connectivity index (χ3n) is 4.61. The second kappa shape index (κ2) is 6.31. The Balaban J connectivity index is 1.53. The van der Waals surface area contributed by atoms with Crippen LogP contribution >= 0.6 is 0 Å². The molecule has 0 unspecified atom stereocenters. The van der Waals surface area contributed by atoms with Crippen LogP contribution in [0.25, 0.3) is 11.0 Å². The monoisotopic (exact) mass is 337 g/mol. The van der Waals surface area contributed by atoms with Crippen molar-refractivity contribution < 1.29 is 0 Å². The molecule has 25 heavy (non-hydrogen) atoms. The SMILES string of the molecule is Cc1cc(N2CCN(c3ncnc4[nH]ccc34)CC2)nc(C(C)C)n1. The van der Waals surface area contributed by atoms with Gasteiger partial charge in [0.2, 0.25) is 0 Å². The fourth-order valence-corrected chi connectivity index (χ4v) is 3.25. The van der Waals surface area contributed by atoms with Crippen LogP contribution in [0.1, 0.15) is 31.3 Å². The smallest absolute Gasteiger partial charge is 0.142 e. The quantitative estimate of drug-likeness (QED) is 0.791. The summed E-state index contributed by atoms with van der Waals surface area (Å²) < 4.78 is 0. The highest BCUT2D eigenvalue weighted by molar-refractivity contribution is 5.87. The van der Waals surface area contributed by atoms with Gasteiger partial charge in [-0.1, -0.05) is 13.8 Å². The highest BCUT2D eigenvalue weighted by Crippen LogP contribution is 2.24. The van der Waals surface area contributed by atoms with Crippen LogP contribution in [0.15, 0.2) is 24.7 Å². The van der Waals surface area contributed by atoms with Gasteiger partial charge in [-0.3, -0.25) is 0 Å².